The molecule has 2 aromatic rings. The molecule has 0 spiro atoms. The molecular formula is C23H36N4O3. The lowest BCUT2D eigenvalue weighted by molar-refractivity contribution is 0.110. The fraction of sp³-hybridized carbons (Fsp3) is 0.522. The molecule has 0 saturated carbocycles. The van der Waals surface area contributed by atoms with Crippen molar-refractivity contribution in [3.63, 3.8) is 0 Å². The number of rotatable bonds is 12. The first-order valence-electron chi connectivity index (χ1n) is 10.6. The summed E-state index contributed by atoms with van der Waals surface area (Å²) < 4.78 is 16.9. The number of aliphatic imine (C=N–C) groups is 1. The van der Waals surface area contributed by atoms with Crippen molar-refractivity contribution in [1.82, 2.24) is 15.5 Å². The maximum atomic E-state index is 5.94. The molecule has 0 aliphatic heterocycles. The lowest BCUT2D eigenvalue weighted by Crippen LogP contribution is -2.41. The Bertz CT molecular complexity index is 760. The van der Waals surface area contributed by atoms with Gasteiger partial charge < -0.3 is 24.5 Å². The lowest BCUT2D eigenvalue weighted by atomic mass is 10.1. The highest BCUT2D eigenvalue weighted by molar-refractivity contribution is 5.79. The van der Waals surface area contributed by atoms with Gasteiger partial charge in [0.05, 0.1) is 25.5 Å². The largest absolute Gasteiger partial charge is 0.491 e. The molecule has 0 aliphatic rings. The van der Waals surface area contributed by atoms with Crippen molar-refractivity contribution in [2.24, 2.45) is 4.99 Å². The van der Waals surface area contributed by atoms with Crippen molar-refractivity contribution in [3.8, 4) is 5.75 Å². The van der Waals surface area contributed by atoms with Gasteiger partial charge in [-0.15, -0.1) is 0 Å². The van der Waals surface area contributed by atoms with Crippen LogP contribution in [0.3, 0.4) is 0 Å². The number of benzene rings is 1. The second-order valence-corrected chi connectivity index (χ2v) is 7.23. The summed E-state index contributed by atoms with van der Waals surface area (Å²) in [5, 5.41) is 6.74. The van der Waals surface area contributed by atoms with Gasteiger partial charge >= 0.3 is 0 Å². The Labute approximate surface area is 180 Å². The Morgan fingerprint density at radius 3 is 2.67 bits per heavy atom. The highest BCUT2D eigenvalue weighted by atomic mass is 16.5. The summed E-state index contributed by atoms with van der Waals surface area (Å²) in [5.74, 6) is 2.54. The van der Waals surface area contributed by atoms with Crippen LogP contribution in [0.25, 0.3) is 0 Å². The van der Waals surface area contributed by atoms with Gasteiger partial charge in [-0.3, -0.25) is 4.90 Å². The molecule has 2 rings (SSSR count). The molecule has 1 aromatic heterocycles. The average Bonchev–Trinajstić information content (AvgIpc) is 3.24. The highest BCUT2D eigenvalue weighted by Gasteiger charge is 2.17. The van der Waals surface area contributed by atoms with Gasteiger partial charge in [0.1, 0.15) is 18.1 Å². The molecule has 7 heteroatoms. The molecule has 0 bridgehead atoms. The normalized spacial score (nSPS) is 12.8. The summed E-state index contributed by atoms with van der Waals surface area (Å²) in [6.07, 6.45) is 1.70. The molecule has 1 atom stereocenters. The molecule has 1 heterocycles. The van der Waals surface area contributed by atoms with Gasteiger partial charge in [-0.2, -0.15) is 0 Å². The number of nitrogens with one attached hydrogen (secondary N) is 2. The predicted molar refractivity (Wildman–Crippen MR) is 121 cm³/mol. The molecule has 1 unspecified atom stereocenters. The zero-order valence-electron chi connectivity index (χ0n) is 18.9. The Balaban J connectivity index is 2.04. The van der Waals surface area contributed by atoms with E-state index in [1.807, 2.05) is 33.2 Å². The van der Waals surface area contributed by atoms with Crippen LogP contribution in [0.5, 0.6) is 5.75 Å². The van der Waals surface area contributed by atoms with Gasteiger partial charge in [0.25, 0.3) is 0 Å². The number of ether oxygens (including phenoxy) is 2. The third kappa shape index (κ3) is 7.72. The maximum Gasteiger partial charge on any atom is 0.191 e. The predicted octanol–water partition coefficient (Wildman–Crippen LogP) is 3.36. The molecule has 7 nitrogen and oxygen atoms in total. The summed E-state index contributed by atoms with van der Waals surface area (Å²) in [5.41, 5.74) is 2.20. The van der Waals surface area contributed by atoms with E-state index >= 15 is 0 Å². The number of nitrogens with zero attached hydrogens (tertiary/aromatic N) is 2. The number of aryl methyl sites for hydroxylation is 1. The van der Waals surface area contributed by atoms with Crippen molar-refractivity contribution < 1.29 is 13.9 Å². The quantitative estimate of drug-likeness (QED) is 0.314. The lowest BCUT2D eigenvalue weighted by Gasteiger charge is -2.23. The van der Waals surface area contributed by atoms with Crippen LogP contribution < -0.4 is 15.4 Å². The van der Waals surface area contributed by atoms with Crippen LogP contribution in [0.4, 0.5) is 0 Å². The Kier molecular flexibility index (Phi) is 10.2. The molecule has 0 aliphatic carbocycles. The van der Waals surface area contributed by atoms with E-state index in [1.54, 1.807) is 6.26 Å². The van der Waals surface area contributed by atoms with E-state index in [9.17, 15) is 0 Å². The smallest absolute Gasteiger partial charge is 0.191 e. The van der Waals surface area contributed by atoms with E-state index in [0.717, 1.165) is 35.1 Å². The zero-order valence-corrected chi connectivity index (χ0v) is 18.9. The Morgan fingerprint density at radius 2 is 2.00 bits per heavy atom. The molecule has 0 radical (unpaired) electrons. The van der Waals surface area contributed by atoms with Gasteiger partial charge in [0.15, 0.2) is 5.96 Å². The van der Waals surface area contributed by atoms with Crippen LogP contribution in [0.1, 0.15) is 36.8 Å². The van der Waals surface area contributed by atoms with Crippen molar-refractivity contribution in [2.75, 3.05) is 47.0 Å². The summed E-state index contributed by atoms with van der Waals surface area (Å²) in [6.45, 7) is 9.88. The molecule has 0 fully saturated rings. The van der Waals surface area contributed by atoms with Gasteiger partial charge in [-0.25, -0.2) is 4.99 Å². The van der Waals surface area contributed by atoms with Crippen molar-refractivity contribution in [2.45, 2.75) is 33.4 Å². The van der Waals surface area contributed by atoms with Crippen LogP contribution in [-0.2, 0) is 11.3 Å². The number of likely N-dealkylation sites (N-methyl/N-ethyl adjacent to an activating group) is 1. The monoisotopic (exact) mass is 416 g/mol. The van der Waals surface area contributed by atoms with Crippen LogP contribution in [0, 0.1) is 6.92 Å². The molecular weight excluding hydrogens is 380 g/mol. The van der Waals surface area contributed by atoms with E-state index in [0.29, 0.717) is 32.9 Å². The number of furan rings is 1. The molecule has 0 saturated heterocycles. The van der Waals surface area contributed by atoms with Crippen LogP contribution in [0.2, 0.25) is 0 Å². The Hall–Kier alpha value is -2.51. The summed E-state index contributed by atoms with van der Waals surface area (Å²) in [6, 6.07) is 10.2. The first kappa shape index (κ1) is 23.8. The molecule has 166 valence electrons. The average molecular weight is 417 g/mol. The van der Waals surface area contributed by atoms with Gasteiger partial charge in [-0.1, -0.05) is 12.1 Å². The minimum Gasteiger partial charge on any atom is -0.491 e. The third-order valence-electron chi connectivity index (χ3n) is 4.62. The van der Waals surface area contributed by atoms with E-state index in [2.05, 4.69) is 47.6 Å². The van der Waals surface area contributed by atoms with Crippen LogP contribution in [-0.4, -0.2) is 57.9 Å². The van der Waals surface area contributed by atoms with Gasteiger partial charge in [0.2, 0.25) is 0 Å². The summed E-state index contributed by atoms with van der Waals surface area (Å²) >= 11 is 0. The SMILES string of the molecule is CCNC(=NCc1ccc(C)cc1OCCOCC)NCC(c1ccco1)N(C)C. The summed E-state index contributed by atoms with van der Waals surface area (Å²) in [4.78, 5) is 6.89. The second kappa shape index (κ2) is 12.9. The zero-order chi connectivity index (χ0) is 21.8. The first-order chi connectivity index (χ1) is 14.5. The third-order valence-corrected chi connectivity index (χ3v) is 4.62. The van der Waals surface area contributed by atoms with E-state index < -0.39 is 0 Å². The Morgan fingerprint density at radius 1 is 1.17 bits per heavy atom. The maximum absolute atomic E-state index is 5.94. The van der Waals surface area contributed by atoms with Crippen LogP contribution in [0.15, 0.2) is 46.0 Å². The fourth-order valence-electron chi connectivity index (χ4n) is 3.00. The van der Waals surface area contributed by atoms with E-state index in [1.165, 1.54) is 0 Å². The topological polar surface area (TPSA) is 71.3 Å². The molecule has 1 aromatic carbocycles. The van der Waals surface area contributed by atoms with Crippen molar-refractivity contribution >= 4 is 5.96 Å². The standard InChI is InChI=1S/C23H36N4O3/c1-6-24-23(26-17-20(27(4)5)21-9-8-12-29-21)25-16-19-11-10-18(3)15-22(19)30-14-13-28-7-2/h8-12,15,20H,6-7,13-14,16-17H2,1-5H3,(H2,24,25,26). The number of hydrogen-bond donors (Lipinski definition) is 2. The van der Waals surface area contributed by atoms with Gasteiger partial charge in [0, 0.05) is 25.3 Å². The highest BCUT2D eigenvalue weighted by Crippen LogP contribution is 2.21. The van der Waals surface area contributed by atoms with Crippen LogP contribution >= 0.6 is 0 Å². The number of hydrogen-bond acceptors (Lipinski definition) is 5. The molecule has 2 N–H and O–H groups in total. The summed E-state index contributed by atoms with van der Waals surface area (Å²) in [7, 11) is 4.08. The minimum atomic E-state index is 0.112. The van der Waals surface area contributed by atoms with E-state index in [-0.39, 0.29) is 6.04 Å². The second-order valence-electron chi connectivity index (χ2n) is 7.23. The number of guanidine groups is 1. The van der Waals surface area contributed by atoms with Crippen molar-refractivity contribution in [3.05, 3.63) is 53.5 Å². The fourth-order valence-corrected chi connectivity index (χ4v) is 3.00. The first-order valence-corrected chi connectivity index (χ1v) is 10.6. The van der Waals surface area contributed by atoms with Gasteiger partial charge in [-0.05, 0) is 58.6 Å². The molecule has 30 heavy (non-hydrogen) atoms. The van der Waals surface area contributed by atoms with Crippen molar-refractivity contribution in [1.29, 1.82) is 0 Å². The molecule has 0 amide bonds. The van der Waals surface area contributed by atoms with E-state index in [4.69, 9.17) is 18.9 Å². The minimum absolute atomic E-state index is 0.112.